The molecule has 3 fully saturated rings. The van der Waals surface area contributed by atoms with Gasteiger partial charge < -0.3 is 36.6 Å². The van der Waals surface area contributed by atoms with E-state index in [0.29, 0.717) is 30.7 Å². The van der Waals surface area contributed by atoms with Gasteiger partial charge in [0.15, 0.2) is 0 Å². The van der Waals surface area contributed by atoms with Gasteiger partial charge in [0, 0.05) is 64.8 Å². The van der Waals surface area contributed by atoms with E-state index >= 15 is 0 Å². The fourth-order valence-corrected chi connectivity index (χ4v) is 9.33. The predicted molar refractivity (Wildman–Crippen MR) is 208 cm³/mol. The van der Waals surface area contributed by atoms with Crippen LogP contribution in [0.25, 0.3) is 0 Å². The molecule has 0 aromatic heterocycles. The van der Waals surface area contributed by atoms with Crippen LogP contribution in [0.2, 0.25) is 0 Å². The normalized spacial score (nSPS) is 24.7. The van der Waals surface area contributed by atoms with Crippen molar-refractivity contribution in [2.75, 3.05) is 41.1 Å². The lowest BCUT2D eigenvalue weighted by Crippen LogP contribution is -2.63. The number of nitrogens with zero attached hydrogens (tertiary/aromatic N) is 3. The predicted octanol–water partition coefficient (Wildman–Crippen LogP) is 6.41. The lowest BCUT2D eigenvalue weighted by molar-refractivity contribution is -0.267. The molecule has 3 aliphatic rings. The minimum atomic E-state index is -0.187. The minimum absolute atomic E-state index is 0. The molecular weight excluding hydrogens is 618 g/mol. The zero-order valence-electron chi connectivity index (χ0n) is 33.3. The van der Waals surface area contributed by atoms with Crippen LogP contribution in [0.4, 0.5) is 0 Å². The maximum atomic E-state index is 11.5. The zero-order chi connectivity index (χ0) is 36.5. The topological polar surface area (TPSA) is 131 Å². The number of rotatable bonds is 11. The monoisotopic (exact) mass is 704 g/mol. The average Bonchev–Trinajstić information content (AvgIpc) is 2.85. The Kier molecular flexibility index (Phi) is 21.1. The van der Waals surface area contributed by atoms with Crippen molar-refractivity contribution >= 4 is 5.78 Å². The van der Waals surface area contributed by atoms with Crippen LogP contribution in [0.15, 0.2) is 0 Å². The van der Waals surface area contributed by atoms with Crippen LogP contribution >= 0.6 is 0 Å². The summed E-state index contributed by atoms with van der Waals surface area (Å²) in [5.74, 6) is 0.323. The van der Waals surface area contributed by atoms with Gasteiger partial charge in [0.1, 0.15) is 5.78 Å². The summed E-state index contributed by atoms with van der Waals surface area (Å²) in [5.41, 5.74) is 9.09. The number of ketones is 1. The van der Waals surface area contributed by atoms with E-state index in [2.05, 4.69) is 87.6 Å². The van der Waals surface area contributed by atoms with E-state index in [9.17, 15) is 4.79 Å². The molecule has 3 saturated heterocycles. The van der Waals surface area contributed by atoms with Gasteiger partial charge in [0.2, 0.25) is 0 Å². The highest BCUT2D eigenvalue weighted by atomic mass is 16.7. The van der Waals surface area contributed by atoms with Crippen molar-refractivity contribution < 1.29 is 19.3 Å². The molecule has 3 heterocycles. The average molecular weight is 704 g/mol. The molecule has 0 saturated carbocycles. The fourth-order valence-electron chi connectivity index (χ4n) is 9.33. The molecule has 0 spiro atoms. The number of piperidine rings is 3. The Morgan fingerprint density at radius 2 is 0.796 bits per heavy atom. The maximum absolute atomic E-state index is 11.5. The summed E-state index contributed by atoms with van der Waals surface area (Å²) < 4.78 is 0. The van der Waals surface area contributed by atoms with Crippen molar-refractivity contribution in [1.29, 1.82) is 0 Å². The van der Waals surface area contributed by atoms with Gasteiger partial charge in [-0.2, -0.15) is 15.2 Å². The largest absolute Gasteiger partial charge is 0.319 e. The first kappa shape index (κ1) is 50.4. The second kappa shape index (κ2) is 20.5. The van der Waals surface area contributed by atoms with Crippen LogP contribution in [0.5, 0.6) is 0 Å². The van der Waals surface area contributed by atoms with Gasteiger partial charge in [-0.3, -0.25) is 4.79 Å². The summed E-state index contributed by atoms with van der Waals surface area (Å²) in [6.45, 7) is 28.9. The molecule has 0 bridgehead atoms. The SMILES string of the molecule is C.C.CON1C(C)(C)CC(=O)CC1(C)C.CON1C(C)(C)CC(NCCCCCNC2CC(C)(C)N(OC)C(C)(C)C2)CC1(C)C.NCN. The lowest BCUT2D eigenvalue weighted by atomic mass is 9.79. The van der Waals surface area contributed by atoms with Crippen molar-refractivity contribution in [3.05, 3.63) is 0 Å². The maximum Gasteiger partial charge on any atom is 0.136 e. The van der Waals surface area contributed by atoms with Crippen molar-refractivity contribution in [2.45, 2.75) is 201 Å². The highest BCUT2D eigenvalue weighted by molar-refractivity contribution is 5.81. The van der Waals surface area contributed by atoms with E-state index in [0.717, 1.165) is 38.8 Å². The quantitative estimate of drug-likeness (QED) is 0.141. The number of hydrogen-bond donors (Lipinski definition) is 4. The molecule has 0 aliphatic carbocycles. The Bertz CT molecular complexity index is 835. The first-order valence-electron chi connectivity index (χ1n) is 17.9. The van der Waals surface area contributed by atoms with Crippen molar-refractivity contribution in [3.63, 3.8) is 0 Å². The smallest absolute Gasteiger partial charge is 0.136 e. The molecule has 11 nitrogen and oxygen atoms in total. The van der Waals surface area contributed by atoms with Gasteiger partial charge in [-0.05, 0) is 135 Å². The van der Waals surface area contributed by atoms with E-state index in [-0.39, 0.29) is 54.8 Å². The molecule has 0 aromatic carbocycles. The van der Waals surface area contributed by atoms with Crippen molar-refractivity contribution in [1.82, 2.24) is 25.8 Å². The summed E-state index contributed by atoms with van der Waals surface area (Å²) in [6.07, 6.45) is 9.39. The van der Waals surface area contributed by atoms with Crippen LogP contribution in [-0.4, -0.2) is 107 Å². The highest BCUT2D eigenvalue weighted by Crippen LogP contribution is 2.40. The molecule has 296 valence electrons. The molecule has 3 aliphatic heterocycles. The van der Waals surface area contributed by atoms with Crippen LogP contribution in [0.3, 0.4) is 0 Å². The van der Waals surface area contributed by atoms with E-state index in [4.69, 9.17) is 14.5 Å². The minimum Gasteiger partial charge on any atom is -0.319 e. The molecule has 49 heavy (non-hydrogen) atoms. The van der Waals surface area contributed by atoms with Gasteiger partial charge in [-0.25, -0.2) is 0 Å². The lowest BCUT2D eigenvalue weighted by Gasteiger charge is -2.53. The van der Waals surface area contributed by atoms with E-state index in [1.807, 2.05) is 32.8 Å². The molecule has 11 heteroatoms. The number of nitrogens with two attached hydrogens (primary N) is 2. The van der Waals surface area contributed by atoms with Crippen LogP contribution in [0, 0.1) is 0 Å². The Labute approximate surface area is 304 Å². The van der Waals surface area contributed by atoms with Crippen LogP contribution in [-0.2, 0) is 19.3 Å². The first-order valence-corrected chi connectivity index (χ1v) is 17.9. The van der Waals surface area contributed by atoms with E-state index in [1.54, 1.807) is 21.3 Å². The number of carbonyl (C=O) groups excluding carboxylic acids is 1. The number of hydroxylamine groups is 6. The zero-order valence-corrected chi connectivity index (χ0v) is 33.3. The van der Waals surface area contributed by atoms with Crippen LogP contribution in [0.1, 0.15) is 156 Å². The Balaban J connectivity index is 0. The molecule has 0 atom stereocenters. The van der Waals surface area contributed by atoms with E-state index < -0.39 is 0 Å². The molecule has 3 rings (SSSR count). The molecule has 0 unspecified atom stereocenters. The van der Waals surface area contributed by atoms with Gasteiger partial charge in [0.25, 0.3) is 0 Å². The third-order valence-electron chi connectivity index (χ3n) is 9.81. The summed E-state index contributed by atoms with van der Waals surface area (Å²) in [5, 5.41) is 14.0. The van der Waals surface area contributed by atoms with Crippen molar-refractivity contribution in [2.24, 2.45) is 11.5 Å². The summed E-state index contributed by atoms with van der Waals surface area (Å²) in [4.78, 5) is 28.3. The fraction of sp³-hybridized carbons (Fsp3) is 0.974. The van der Waals surface area contributed by atoms with Crippen LogP contribution < -0.4 is 22.1 Å². The van der Waals surface area contributed by atoms with E-state index in [1.165, 1.54) is 19.3 Å². The summed E-state index contributed by atoms with van der Waals surface area (Å²) in [7, 11) is 5.27. The molecular formula is C38H85N7O4. The number of nitrogens with one attached hydrogen (secondary N) is 2. The number of Topliss-reactive ketones (excluding diaryl/α,β-unsaturated/α-hetero) is 1. The second-order valence-electron chi connectivity index (χ2n) is 17.6. The summed E-state index contributed by atoms with van der Waals surface area (Å²) in [6, 6.07) is 1.12. The Morgan fingerprint density at radius 3 is 1.04 bits per heavy atom. The highest BCUT2D eigenvalue weighted by Gasteiger charge is 2.47. The second-order valence-corrected chi connectivity index (χ2v) is 17.6. The van der Waals surface area contributed by atoms with Gasteiger partial charge >= 0.3 is 0 Å². The third-order valence-corrected chi connectivity index (χ3v) is 9.81. The standard InChI is InChI=1S/C25H52N4O2.C10H19NO2.CH6N2.2CH4/c1-22(2)16-20(17-23(3,4)28(22)30-9)26-14-12-11-13-15-27-21-18-24(5,6)29(31-10)25(7,8)19-21;1-9(2)6-8(12)7-10(3,4)11(9)13-5;2-1-3;;/h20-21,26-27H,11-19H2,1-10H3;6-7H2,1-5H3;1-3H2;2*1H4. The number of unbranched alkanes of at least 4 members (excludes halogenated alkanes) is 2. The Hall–Kier alpha value is -0.730. The molecule has 6 N–H and O–H groups in total. The number of carbonyl (C=O) groups is 1. The molecule has 0 aromatic rings. The van der Waals surface area contributed by atoms with Gasteiger partial charge in [-0.15, -0.1) is 0 Å². The first-order chi connectivity index (χ1) is 21.5. The third kappa shape index (κ3) is 14.7. The van der Waals surface area contributed by atoms with Crippen molar-refractivity contribution in [3.8, 4) is 0 Å². The molecule has 0 radical (unpaired) electrons. The van der Waals surface area contributed by atoms with Gasteiger partial charge in [0.05, 0.1) is 21.3 Å². The number of hydrogen-bond acceptors (Lipinski definition) is 11. The Morgan fingerprint density at radius 1 is 0.551 bits per heavy atom. The van der Waals surface area contributed by atoms with Gasteiger partial charge in [-0.1, -0.05) is 21.3 Å². The molecule has 0 amide bonds. The summed E-state index contributed by atoms with van der Waals surface area (Å²) >= 11 is 0.